The van der Waals surface area contributed by atoms with E-state index in [9.17, 15) is 9.90 Å². The zero-order chi connectivity index (χ0) is 13.1. The number of aryl methyl sites for hydroxylation is 1. The molecular formula is C12H11BrN2O2S. The van der Waals surface area contributed by atoms with Crippen molar-refractivity contribution in [3.05, 3.63) is 44.2 Å². The summed E-state index contributed by atoms with van der Waals surface area (Å²) in [6, 6.07) is 3.65. The second-order valence-electron chi connectivity index (χ2n) is 3.70. The number of thiophene rings is 1. The van der Waals surface area contributed by atoms with E-state index in [1.807, 2.05) is 11.4 Å². The molecule has 0 radical (unpaired) electrons. The summed E-state index contributed by atoms with van der Waals surface area (Å²) in [5.74, 6) is -0.559. The maximum absolute atomic E-state index is 11.2. The van der Waals surface area contributed by atoms with Gasteiger partial charge in [0.15, 0.2) is 0 Å². The Morgan fingerprint density at radius 1 is 1.56 bits per heavy atom. The van der Waals surface area contributed by atoms with Crippen LogP contribution in [0.4, 0.5) is 5.82 Å². The molecule has 0 amide bonds. The van der Waals surface area contributed by atoms with Gasteiger partial charge in [-0.25, -0.2) is 9.78 Å². The number of hydrogen-bond donors (Lipinski definition) is 2. The summed E-state index contributed by atoms with van der Waals surface area (Å²) in [4.78, 5) is 16.4. The van der Waals surface area contributed by atoms with E-state index in [1.165, 1.54) is 0 Å². The number of carbonyl (C=O) groups is 1. The number of nitrogens with zero attached hydrogens (tertiary/aromatic N) is 1. The van der Waals surface area contributed by atoms with Crippen LogP contribution in [-0.2, 0) is 6.54 Å². The van der Waals surface area contributed by atoms with Crippen LogP contribution in [0.5, 0.6) is 0 Å². The van der Waals surface area contributed by atoms with Gasteiger partial charge in [-0.15, -0.1) is 11.3 Å². The van der Waals surface area contributed by atoms with Crippen LogP contribution in [0, 0.1) is 6.92 Å². The molecule has 2 aromatic rings. The molecule has 0 atom stereocenters. The Balaban J connectivity index is 2.22. The molecule has 18 heavy (non-hydrogen) atoms. The summed E-state index contributed by atoms with van der Waals surface area (Å²) in [6.07, 6.45) is 1.60. The molecule has 0 saturated heterocycles. The van der Waals surface area contributed by atoms with Gasteiger partial charge in [-0.2, -0.15) is 0 Å². The Hall–Kier alpha value is -1.40. The average molecular weight is 327 g/mol. The molecule has 0 aliphatic carbocycles. The van der Waals surface area contributed by atoms with Crippen molar-refractivity contribution in [2.24, 2.45) is 0 Å². The fraction of sp³-hybridized carbons (Fsp3) is 0.167. The summed E-state index contributed by atoms with van der Waals surface area (Å²) in [7, 11) is 0. The third kappa shape index (κ3) is 2.70. The minimum Gasteiger partial charge on any atom is -0.478 e. The van der Waals surface area contributed by atoms with Crippen molar-refractivity contribution in [2.45, 2.75) is 13.5 Å². The molecular weight excluding hydrogens is 316 g/mol. The molecule has 0 aliphatic heterocycles. The molecule has 2 rings (SSSR count). The lowest BCUT2D eigenvalue weighted by atomic mass is 10.1. The van der Waals surface area contributed by atoms with Gasteiger partial charge in [0.2, 0.25) is 0 Å². The zero-order valence-electron chi connectivity index (χ0n) is 9.61. The monoisotopic (exact) mass is 326 g/mol. The lowest BCUT2D eigenvalue weighted by Crippen LogP contribution is -2.09. The van der Waals surface area contributed by atoms with Gasteiger partial charge in [-0.05, 0) is 45.9 Å². The van der Waals surface area contributed by atoms with Gasteiger partial charge in [-0.1, -0.05) is 0 Å². The molecule has 94 valence electrons. The molecule has 2 N–H and O–H groups in total. The van der Waals surface area contributed by atoms with Gasteiger partial charge >= 0.3 is 5.97 Å². The molecule has 0 unspecified atom stereocenters. The van der Waals surface area contributed by atoms with Crippen molar-refractivity contribution in [1.82, 2.24) is 4.98 Å². The number of carboxylic acids is 1. The predicted octanol–water partition coefficient (Wildman–Crippen LogP) is 3.52. The molecule has 4 nitrogen and oxygen atoms in total. The molecule has 0 saturated carbocycles. The van der Waals surface area contributed by atoms with Crippen LogP contribution in [0.2, 0.25) is 0 Å². The quantitative estimate of drug-likeness (QED) is 0.902. The molecule has 2 aromatic heterocycles. The number of rotatable bonds is 4. The number of carboxylic acid groups (broad SMARTS) is 1. The summed E-state index contributed by atoms with van der Waals surface area (Å²) in [5, 5.41) is 14.2. The minimum atomic E-state index is -0.964. The second-order valence-corrected chi connectivity index (χ2v) is 5.56. The smallest absolute Gasteiger partial charge is 0.339 e. The van der Waals surface area contributed by atoms with Crippen molar-refractivity contribution in [3.63, 3.8) is 0 Å². The van der Waals surface area contributed by atoms with Gasteiger partial charge in [0.05, 0.1) is 6.54 Å². The van der Waals surface area contributed by atoms with Crippen LogP contribution in [0.3, 0.4) is 0 Å². The summed E-state index contributed by atoms with van der Waals surface area (Å²) in [6.45, 7) is 2.31. The summed E-state index contributed by atoms with van der Waals surface area (Å²) < 4.78 is 1.02. The van der Waals surface area contributed by atoms with E-state index in [2.05, 4.69) is 26.2 Å². The first-order valence-corrected chi connectivity index (χ1v) is 6.91. The Bertz CT molecular complexity index is 583. The van der Waals surface area contributed by atoms with E-state index < -0.39 is 5.97 Å². The van der Waals surface area contributed by atoms with Crippen molar-refractivity contribution >= 4 is 39.1 Å². The normalized spacial score (nSPS) is 10.3. The molecule has 0 aromatic carbocycles. The highest BCUT2D eigenvalue weighted by atomic mass is 79.9. The number of aromatic carboxylic acids is 1. The van der Waals surface area contributed by atoms with E-state index in [0.29, 0.717) is 17.9 Å². The van der Waals surface area contributed by atoms with E-state index >= 15 is 0 Å². The maximum Gasteiger partial charge on any atom is 0.339 e. The third-order valence-electron chi connectivity index (χ3n) is 2.48. The number of halogens is 1. The number of anilines is 1. The Morgan fingerprint density at radius 3 is 2.94 bits per heavy atom. The van der Waals surface area contributed by atoms with E-state index in [0.717, 1.165) is 9.35 Å². The molecule has 6 heteroatoms. The number of nitrogens with one attached hydrogen (secondary N) is 1. The summed E-state index contributed by atoms with van der Waals surface area (Å²) in [5.41, 5.74) is 0.926. The standard InChI is InChI=1S/C12H11BrN2O2S/c1-7-2-4-14-11(10(7)12(16)17)15-6-9-8(13)3-5-18-9/h2-5H,6H2,1H3,(H,14,15)(H,16,17). The van der Waals surface area contributed by atoms with Crippen LogP contribution in [0.15, 0.2) is 28.2 Å². The highest BCUT2D eigenvalue weighted by Gasteiger charge is 2.14. The molecule has 0 bridgehead atoms. The van der Waals surface area contributed by atoms with E-state index in [1.54, 1.807) is 30.5 Å². The highest BCUT2D eigenvalue weighted by molar-refractivity contribution is 9.10. The Morgan fingerprint density at radius 2 is 2.33 bits per heavy atom. The molecule has 0 fully saturated rings. The van der Waals surface area contributed by atoms with Crippen LogP contribution in [-0.4, -0.2) is 16.1 Å². The average Bonchev–Trinajstić information content (AvgIpc) is 2.71. The van der Waals surface area contributed by atoms with Gasteiger partial charge in [0.1, 0.15) is 11.4 Å². The van der Waals surface area contributed by atoms with E-state index in [-0.39, 0.29) is 5.56 Å². The zero-order valence-corrected chi connectivity index (χ0v) is 12.0. The van der Waals surface area contributed by atoms with Crippen LogP contribution in [0.1, 0.15) is 20.8 Å². The molecule has 0 aliphatic rings. The SMILES string of the molecule is Cc1ccnc(NCc2sccc2Br)c1C(=O)O. The fourth-order valence-corrected chi connectivity index (χ4v) is 3.01. The van der Waals surface area contributed by atoms with Crippen molar-refractivity contribution < 1.29 is 9.90 Å². The topological polar surface area (TPSA) is 62.2 Å². The third-order valence-corrected chi connectivity index (χ3v) is 4.41. The Labute approximate surface area is 117 Å². The Kier molecular flexibility index (Phi) is 3.98. The number of hydrogen-bond acceptors (Lipinski definition) is 4. The van der Waals surface area contributed by atoms with Crippen molar-refractivity contribution in [1.29, 1.82) is 0 Å². The van der Waals surface area contributed by atoms with E-state index in [4.69, 9.17) is 0 Å². The van der Waals surface area contributed by atoms with Crippen LogP contribution in [0.25, 0.3) is 0 Å². The first kappa shape index (κ1) is 13.0. The highest BCUT2D eigenvalue weighted by Crippen LogP contribution is 2.24. The van der Waals surface area contributed by atoms with Gasteiger partial charge in [-0.3, -0.25) is 0 Å². The first-order valence-electron chi connectivity index (χ1n) is 5.24. The first-order chi connectivity index (χ1) is 8.59. The van der Waals surface area contributed by atoms with Crippen LogP contribution >= 0.6 is 27.3 Å². The second kappa shape index (κ2) is 5.49. The number of pyridine rings is 1. The van der Waals surface area contributed by atoms with Crippen molar-refractivity contribution in [2.75, 3.05) is 5.32 Å². The lowest BCUT2D eigenvalue weighted by Gasteiger charge is -2.09. The van der Waals surface area contributed by atoms with Gasteiger partial charge < -0.3 is 10.4 Å². The molecule has 0 spiro atoms. The fourth-order valence-electron chi connectivity index (χ4n) is 1.58. The van der Waals surface area contributed by atoms with Gasteiger partial charge in [0.25, 0.3) is 0 Å². The maximum atomic E-state index is 11.2. The minimum absolute atomic E-state index is 0.227. The summed E-state index contributed by atoms with van der Waals surface area (Å²) >= 11 is 5.04. The number of aromatic nitrogens is 1. The van der Waals surface area contributed by atoms with Crippen LogP contribution < -0.4 is 5.32 Å². The largest absolute Gasteiger partial charge is 0.478 e. The van der Waals surface area contributed by atoms with Gasteiger partial charge in [0, 0.05) is 15.5 Å². The van der Waals surface area contributed by atoms with Crippen molar-refractivity contribution in [3.8, 4) is 0 Å². The predicted molar refractivity (Wildman–Crippen MR) is 75.3 cm³/mol. The lowest BCUT2D eigenvalue weighted by molar-refractivity contribution is 0.0697. The molecule has 2 heterocycles.